The predicted molar refractivity (Wildman–Crippen MR) is 142 cm³/mol. The second-order valence-corrected chi connectivity index (χ2v) is 14.3. The molecule has 198 valence electrons. The minimum absolute atomic E-state index is 0.107. The fraction of sp³-hybridized carbons (Fsp3) is 0.296. The van der Waals surface area contributed by atoms with Crippen LogP contribution in [-0.2, 0) is 13.9 Å². The average Bonchev–Trinajstić information content (AvgIpc) is 3.66. The highest BCUT2D eigenvalue weighted by Gasteiger charge is 2.52. The van der Waals surface area contributed by atoms with Gasteiger partial charge < -0.3 is 13.9 Å². The van der Waals surface area contributed by atoms with Crippen molar-refractivity contribution < 1.29 is 28.5 Å². The first-order valence-corrected chi connectivity index (χ1v) is 14.0. The molecule has 11 heteroatoms. The van der Waals surface area contributed by atoms with Crippen LogP contribution in [0.25, 0.3) is 0 Å². The van der Waals surface area contributed by atoms with Crippen molar-refractivity contribution in [3.8, 4) is 0 Å². The second kappa shape index (κ2) is 10.8. The molecule has 10 nitrogen and oxygen atoms in total. The van der Waals surface area contributed by atoms with Crippen LogP contribution in [0, 0.1) is 20.2 Å². The van der Waals surface area contributed by atoms with Crippen LogP contribution in [0.2, 0.25) is 5.04 Å². The maximum Gasteiger partial charge on any atom is 0.338 e. The van der Waals surface area contributed by atoms with Crippen LogP contribution in [-0.4, -0.2) is 49.6 Å². The molecular weight excluding hydrogens is 508 g/mol. The maximum absolute atomic E-state index is 12.5. The number of epoxide rings is 1. The number of non-ortho nitro benzene ring substituents is 2. The molecule has 3 aromatic rings. The van der Waals surface area contributed by atoms with Crippen LogP contribution in [0.4, 0.5) is 11.4 Å². The smallest absolute Gasteiger partial charge is 0.338 e. The molecule has 2 atom stereocenters. The third-order valence-electron chi connectivity index (χ3n) is 6.51. The van der Waals surface area contributed by atoms with Gasteiger partial charge in [0.2, 0.25) is 0 Å². The van der Waals surface area contributed by atoms with E-state index in [1.807, 2.05) is 36.4 Å². The molecule has 1 aliphatic heterocycles. The van der Waals surface area contributed by atoms with Gasteiger partial charge in [0.1, 0.15) is 18.8 Å². The zero-order valence-corrected chi connectivity index (χ0v) is 22.2. The van der Waals surface area contributed by atoms with Gasteiger partial charge in [0.15, 0.2) is 0 Å². The molecular formula is C27H28N2O8Si. The quantitative estimate of drug-likeness (QED) is 0.125. The number of hydrogen-bond donors (Lipinski definition) is 0. The molecule has 0 spiro atoms. The largest absolute Gasteiger partial charge is 0.459 e. The van der Waals surface area contributed by atoms with Crippen LogP contribution in [0.1, 0.15) is 31.1 Å². The molecule has 0 saturated carbocycles. The maximum atomic E-state index is 12.5. The number of nitrogens with zero attached hydrogens (tertiary/aromatic N) is 2. The van der Waals surface area contributed by atoms with Gasteiger partial charge in [-0.1, -0.05) is 81.4 Å². The third-order valence-corrected chi connectivity index (χ3v) is 11.5. The van der Waals surface area contributed by atoms with Gasteiger partial charge in [0.25, 0.3) is 19.7 Å². The van der Waals surface area contributed by atoms with E-state index in [1.54, 1.807) is 0 Å². The van der Waals surface area contributed by atoms with Gasteiger partial charge in [-0.25, -0.2) is 4.79 Å². The molecule has 0 bridgehead atoms. The average molecular weight is 537 g/mol. The Morgan fingerprint density at radius 3 is 1.76 bits per heavy atom. The van der Waals surface area contributed by atoms with Crippen molar-refractivity contribution in [2.24, 2.45) is 0 Å². The van der Waals surface area contributed by atoms with E-state index in [4.69, 9.17) is 13.9 Å². The Labute approximate surface area is 220 Å². The molecule has 0 amide bonds. The molecule has 1 saturated heterocycles. The topological polar surface area (TPSA) is 134 Å². The standard InChI is InChI=1S/C27H28N2O8Si/c1-27(2,3)38(22-10-6-4-7-11-22,23-12-8-5-9-13-23)36-18-25-24(37-25)17-35-26(30)19-14-20(28(31)32)16-21(15-19)29(33)34/h4-16,24-25H,17-18H2,1-3H3/t24-,25+/m1/s1. The van der Waals surface area contributed by atoms with E-state index in [2.05, 4.69) is 45.0 Å². The van der Waals surface area contributed by atoms with E-state index in [0.29, 0.717) is 0 Å². The van der Waals surface area contributed by atoms with Crippen molar-refractivity contribution in [2.75, 3.05) is 13.2 Å². The monoisotopic (exact) mass is 536 g/mol. The molecule has 3 aromatic carbocycles. The Morgan fingerprint density at radius 2 is 1.32 bits per heavy atom. The normalized spacial score (nSPS) is 17.0. The van der Waals surface area contributed by atoms with Crippen molar-refractivity contribution in [3.63, 3.8) is 0 Å². The summed E-state index contributed by atoms with van der Waals surface area (Å²) in [4.78, 5) is 33.1. The zero-order chi connectivity index (χ0) is 27.5. The van der Waals surface area contributed by atoms with Gasteiger partial charge in [0.05, 0.1) is 28.1 Å². The van der Waals surface area contributed by atoms with Crippen molar-refractivity contribution in [1.29, 1.82) is 0 Å². The number of esters is 1. The zero-order valence-electron chi connectivity index (χ0n) is 21.2. The van der Waals surface area contributed by atoms with Gasteiger partial charge in [-0.15, -0.1) is 0 Å². The lowest BCUT2D eigenvalue weighted by Crippen LogP contribution is -2.66. The summed E-state index contributed by atoms with van der Waals surface area (Å²) < 4.78 is 17.8. The Kier molecular flexibility index (Phi) is 7.72. The van der Waals surface area contributed by atoms with Gasteiger partial charge in [0, 0.05) is 12.1 Å². The van der Waals surface area contributed by atoms with Crippen molar-refractivity contribution >= 4 is 36.0 Å². The number of rotatable bonds is 10. The number of nitro groups is 2. The summed E-state index contributed by atoms with van der Waals surface area (Å²) in [5, 5.41) is 24.3. The Hall–Kier alpha value is -3.93. The molecule has 38 heavy (non-hydrogen) atoms. The van der Waals surface area contributed by atoms with E-state index < -0.39 is 41.6 Å². The molecule has 0 aromatic heterocycles. The second-order valence-electron chi connectivity index (χ2n) is 10.0. The molecule has 1 aliphatic rings. The number of carbonyl (C=O) groups excluding carboxylic acids is 1. The first kappa shape index (κ1) is 27.1. The van der Waals surface area contributed by atoms with E-state index >= 15 is 0 Å². The van der Waals surface area contributed by atoms with Crippen molar-refractivity contribution in [2.45, 2.75) is 38.0 Å². The van der Waals surface area contributed by atoms with E-state index in [9.17, 15) is 25.0 Å². The molecule has 0 radical (unpaired) electrons. The van der Waals surface area contributed by atoms with Gasteiger partial charge >= 0.3 is 5.97 Å². The summed E-state index contributed by atoms with van der Waals surface area (Å²) in [5.41, 5.74) is -1.40. The lowest BCUT2D eigenvalue weighted by molar-refractivity contribution is -0.394. The Balaban J connectivity index is 1.46. The van der Waals surface area contributed by atoms with Crippen LogP contribution >= 0.6 is 0 Å². The Morgan fingerprint density at radius 1 is 0.842 bits per heavy atom. The number of carbonyl (C=O) groups is 1. The summed E-state index contributed by atoms with van der Waals surface area (Å²) in [7, 11) is -2.75. The molecule has 4 rings (SSSR count). The molecule has 1 fully saturated rings. The fourth-order valence-electron chi connectivity index (χ4n) is 4.61. The minimum atomic E-state index is -2.75. The van der Waals surface area contributed by atoms with Crippen LogP contribution in [0.5, 0.6) is 0 Å². The van der Waals surface area contributed by atoms with E-state index in [-0.39, 0.29) is 29.9 Å². The molecule has 1 heterocycles. The van der Waals surface area contributed by atoms with Gasteiger partial charge in [-0.05, 0) is 15.4 Å². The SMILES string of the molecule is CC(C)(C)[Si](OC[C@@H]1O[C@@H]1COC(=O)c1cc([N+](=O)[O-])cc([N+](=O)[O-])c1)(c1ccccc1)c1ccccc1. The lowest BCUT2D eigenvalue weighted by Gasteiger charge is -2.43. The highest BCUT2D eigenvalue weighted by molar-refractivity contribution is 6.99. The van der Waals surface area contributed by atoms with Gasteiger partial charge in [-0.3, -0.25) is 20.2 Å². The first-order valence-electron chi connectivity index (χ1n) is 12.0. The first-order chi connectivity index (χ1) is 18.0. The summed E-state index contributed by atoms with van der Waals surface area (Å²) in [6.45, 7) is 6.70. The fourth-order valence-corrected chi connectivity index (χ4v) is 9.18. The van der Waals surface area contributed by atoms with Crippen LogP contribution in [0.15, 0.2) is 78.9 Å². The third kappa shape index (κ3) is 5.64. The van der Waals surface area contributed by atoms with Gasteiger partial charge in [-0.2, -0.15) is 0 Å². The van der Waals surface area contributed by atoms with E-state index in [1.165, 1.54) is 0 Å². The number of nitro benzene ring substituents is 2. The molecule has 0 N–H and O–H groups in total. The number of benzene rings is 3. The van der Waals surface area contributed by atoms with Crippen molar-refractivity contribution in [3.05, 3.63) is 105 Å². The van der Waals surface area contributed by atoms with Crippen LogP contribution < -0.4 is 10.4 Å². The molecule has 0 aliphatic carbocycles. The summed E-state index contributed by atoms with van der Waals surface area (Å²) in [6.07, 6.45) is -0.713. The summed E-state index contributed by atoms with van der Waals surface area (Å²) in [6, 6.07) is 23.0. The Bertz CT molecular complexity index is 1260. The highest BCUT2D eigenvalue weighted by atomic mass is 28.4. The van der Waals surface area contributed by atoms with Crippen molar-refractivity contribution in [1.82, 2.24) is 0 Å². The summed E-state index contributed by atoms with van der Waals surface area (Å²) in [5.74, 6) is -0.904. The number of hydrogen-bond acceptors (Lipinski definition) is 8. The highest BCUT2D eigenvalue weighted by Crippen LogP contribution is 2.38. The minimum Gasteiger partial charge on any atom is -0.459 e. The number of ether oxygens (including phenoxy) is 2. The predicted octanol–water partition coefficient (Wildman–Crippen LogP) is 4.00. The van der Waals surface area contributed by atoms with E-state index in [0.717, 1.165) is 28.6 Å². The van der Waals surface area contributed by atoms with Crippen LogP contribution in [0.3, 0.4) is 0 Å². The summed E-state index contributed by atoms with van der Waals surface area (Å²) >= 11 is 0. The lowest BCUT2D eigenvalue weighted by atomic mass is 10.2. The molecule has 0 unspecified atom stereocenters.